The minimum Gasteiger partial charge on any atom is -0.494 e. The number of imide groups is 1. The van der Waals surface area contributed by atoms with Crippen molar-refractivity contribution in [3.05, 3.63) is 82.2 Å². The van der Waals surface area contributed by atoms with Gasteiger partial charge >= 0.3 is 0 Å². The summed E-state index contributed by atoms with van der Waals surface area (Å²) in [5.74, 6) is -3.21. The van der Waals surface area contributed by atoms with Crippen LogP contribution < -0.4 is 9.80 Å². The van der Waals surface area contributed by atoms with Crippen molar-refractivity contribution in [2.75, 3.05) is 29.4 Å². The number of anilines is 2. The Bertz CT molecular complexity index is 1560. The molecule has 3 heterocycles. The van der Waals surface area contributed by atoms with Gasteiger partial charge in [0.15, 0.2) is 11.6 Å². The molecule has 4 aliphatic rings. The SMILES string of the molecule is CCc1ccc(N2C(=O)[C@H]3CC(SC)=C4C(C(C5C=C(O)N(c6ccc(CC)cc6)C5=O)C(SC)=[N+]4C)[C@H]3C2=O)cc1. The highest BCUT2D eigenvalue weighted by Crippen LogP contribution is 2.56. The number of amides is 3. The van der Waals surface area contributed by atoms with Crippen LogP contribution in [-0.2, 0) is 27.2 Å². The zero-order valence-electron chi connectivity index (χ0n) is 24.5. The van der Waals surface area contributed by atoms with Gasteiger partial charge in [-0.1, -0.05) is 49.9 Å². The number of fused-ring (bicyclic) bond motifs is 3. The normalized spacial score (nSPS) is 27.3. The smallest absolute Gasteiger partial charge is 0.241 e. The van der Waals surface area contributed by atoms with Crippen molar-refractivity contribution >= 4 is 57.7 Å². The third-order valence-electron chi connectivity index (χ3n) is 9.35. The third-order valence-corrected chi connectivity index (χ3v) is 11.2. The van der Waals surface area contributed by atoms with Crippen molar-refractivity contribution < 1.29 is 24.1 Å². The quantitative estimate of drug-likeness (QED) is 0.342. The van der Waals surface area contributed by atoms with E-state index in [9.17, 15) is 19.5 Å². The molecule has 0 bridgehead atoms. The van der Waals surface area contributed by atoms with Crippen LogP contribution in [0.2, 0.25) is 0 Å². The van der Waals surface area contributed by atoms with Crippen molar-refractivity contribution in [2.24, 2.45) is 29.6 Å². The van der Waals surface area contributed by atoms with Gasteiger partial charge in [0.05, 0.1) is 45.9 Å². The second-order valence-corrected chi connectivity index (χ2v) is 13.0. The molecule has 6 rings (SSSR count). The van der Waals surface area contributed by atoms with Crippen LogP contribution in [0.3, 0.4) is 0 Å². The molecule has 0 saturated carbocycles. The summed E-state index contributed by atoms with van der Waals surface area (Å²) in [6.45, 7) is 4.14. The summed E-state index contributed by atoms with van der Waals surface area (Å²) >= 11 is 3.18. The summed E-state index contributed by atoms with van der Waals surface area (Å²) < 4.78 is 2.13. The van der Waals surface area contributed by atoms with Crippen LogP contribution in [0.15, 0.2) is 71.1 Å². The maximum absolute atomic E-state index is 14.3. The molecule has 5 atom stereocenters. The Morgan fingerprint density at radius 1 is 0.786 bits per heavy atom. The van der Waals surface area contributed by atoms with Gasteiger partial charge in [0.2, 0.25) is 22.8 Å². The maximum Gasteiger partial charge on any atom is 0.241 e. The lowest BCUT2D eigenvalue weighted by atomic mass is 9.68. The van der Waals surface area contributed by atoms with E-state index in [1.807, 2.05) is 68.1 Å². The number of thioether (sulfide) groups is 2. The number of aliphatic hydroxyl groups is 1. The van der Waals surface area contributed by atoms with Gasteiger partial charge in [0.25, 0.3) is 0 Å². The Morgan fingerprint density at radius 2 is 1.36 bits per heavy atom. The van der Waals surface area contributed by atoms with E-state index in [-0.39, 0.29) is 35.4 Å². The highest BCUT2D eigenvalue weighted by molar-refractivity contribution is 8.13. The second kappa shape index (κ2) is 11.1. The highest BCUT2D eigenvalue weighted by Gasteiger charge is 2.65. The molecular weight excluding hydrogens is 567 g/mol. The first-order valence-electron chi connectivity index (χ1n) is 14.5. The Hall–Kier alpha value is -3.30. The second-order valence-electron chi connectivity index (χ2n) is 11.3. The number of aryl methyl sites for hydroxylation is 2. The van der Waals surface area contributed by atoms with Crippen molar-refractivity contribution in [3.63, 3.8) is 0 Å². The van der Waals surface area contributed by atoms with E-state index in [0.29, 0.717) is 17.8 Å². The highest BCUT2D eigenvalue weighted by atomic mass is 32.2. The maximum atomic E-state index is 14.3. The van der Waals surface area contributed by atoms with Gasteiger partial charge in [0, 0.05) is 0 Å². The molecule has 1 aliphatic carbocycles. The van der Waals surface area contributed by atoms with E-state index in [1.54, 1.807) is 29.6 Å². The Kier molecular flexibility index (Phi) is 7.60. The molecule has 2 aromatic rings. The number of carbonyl (C=O) groups is 3. The average Bonchev–Trinajstić information content (AvgIpc) is 3.57. The number of benzene rings is 2. The molecule has 3 aliphatic heterocycles. The Labute approximate surface area is 255 Å². The lowest BCUT2D eigenvalue weighted by molar-refractivity contribution is -0.442. The first-order valence-corrected chi connectivity index (χ1v) is 16.9. The monoisotopic (exact) mass is 602 g/mol. The lowest BCUT2D eigenvalue weighted by Crippen LogP contribution is -2.42. The third kappa shape index (κ3) is 4.27. The zero-order chi connectivity index (χ0) is 29.9. The van der Waals surface area contributed by atoms with Crippen LogP contribution in [-0.4, -0.2) is 52.0 Å². The van der Waals surface area contributed by atoms with E-state index < -0.39 is 17.8 Å². The Morgan fingerprint density at radius 3 is 1.88 bits per heavy atom. The molecule has 3 amide bonds. The first kappa shape index (κ1) is 28.8. The molecule has 9 heteroatoms. The van der Waals surface area contributed by atoms with Gasteiger partial charge < -0.3 is 5.11 Å². The number of nitrogens with zero attached hydrogens (tertiary/aromatic N) is 3. The summed E-state index contributed by atoms with van der Waals surface area (Å²) in [4.78, 5) is 46.2. The molecule has 1 fully saturated rings. The van der Waals surface area contributed by atoms with Crippen LogP contribution in [0.1, 0.15) is 31.4 Å². The van der Waals surface area contributed by atoms with Gasteiger partial charge in [-0.25, -0.2) is 0 Å². The predicted molar refractivity (Wildman–Crippen MR) is 170 cm³/mol. The molecular formula is C33H36N3O4S2+. The van der Waals surface area contributed by atoms with E-state index in [1.165, 1.54) is 9.80 Å². The molecule has 1 N–H and O–H groups in total. The van der Waals surface area contributed by atoms with Gasteiger partial charge in [0.1, 0.15) is 7.05 Å². The van der Waals surface area contributed by atoms with Gasteiger partial charge in [-0.2, -0.15) is 4.58 Å². The molecule has 3 unspecified atom stereocenters. The predicted octanol–water partition coefficient (Wildman–Crippen LogP) is 5.61. The summed E-state index contributed by atoms with van der Waals surface area (Å²) in [5, 5.41) is 12.1. The number of allylic oxidation sites excluding steroid dienone is 2. The average molecular weight is 603 g/mol. The number of rotatable bonds is 6. The van der Waals surface area contributed by atoms with Crippen LogP contribution in [0.5, 0.6) is 0 Å². The minimum absolute atomic E-state index is 0.0984. The zero-order valence-corrected chi connectivity index (χ0v) is 26.2. The standard InChI is InChI=1S/C33H35N3O4S2/c1-6-18-8-12-20(13-9-18)35-25(37)17-23(30(35)38)27-28-26-22(16-24(41-4)29(28)34(3)33(27)42-5)31(39)36(32(26)40)21-14-10-19(7-2)11-15-21/h8-15,17,22-23,26-28H,6-7,16H2,1-5H3/p+1/t22-,23?,26-,27?,28?/m0/s1. The van der Waals surface area contributed by atoms with Gasteiger partial charge in [-0.15, -0.1) is 11.8 Å². The van der Waals surface area contributed by atoms with Gasteiger partial charge in [-0.05, 0) is 73.2 Å². The lowest BCUT2D eigenvalue weighted by Gasteiger charge is -2.31. The van der Waals surface area contributed by atoms with Crippen molar-refractivity contribution in [2.45, 2.75) is 33.1 Å². The molecule has 1 saturated heterocycles. The molecule has 218 valence electrons. The van der Waals surface area contributed by atoms with Crippen molar-refractivity contribution in [1.82, 2.24) is 0 Å². The summed E-state index contributed by atoms with van der Waals surface area (Å²) in [6.07, 6.45) is 7.88. The number of carbonyl (C=O) groups excluding carboxylic acids is 3. The minimum atomic E-state index is -0.675. The van der Waals surface area contributed by atoms with Crippen LogP contribution >= 0.6 is 23.5 Å². The molecule has 0 radical (unpaired) electrons. The fraction of sp³-hybridized carbons (Fsp3) is 0.394. The largest absolute Gasteiger partial charge is 0.494 e. The van der Waals surface area contributed by atoms with E-state index >= 15 is 0 Å². The van der Waals surface area contributed by atoms with Crippen LogP contribution in [0.25, 0.3) is 0 Å². The van der Waals surface area contributed by atoms with Crippen molar-refractivity contribution in [1.29, 1.82) is 0 Å². The fourth-order valence-electron chi connectivity index (χ4n) is 7.27. The number of aliphatic hydroxyl groups excluding tert-OH is 1. The first-order chi connectivity index (χ1) is 20.2. The summed E-state index contributed by atoms with van der Waals surface area (Å²) in [5.41, 5.74) is 4.51. The van der Waals surface area contributed by atoms with E-state index in [4.69, 9.17) is 0 Å². The summed E-state index contributed by atoms with van der Waals surface area (Å²) in [6, 6.07) is 15.3. The van der Waals surface area contributed by atoms with Crippen molar-refractivity contribution in [3.8, 4) is 0 Å². The van der Waals surface area contributed by atoms with E-state index in [0.717, 1.165) is 39.6 Å². The summed E-state index contributed by atoms with van der Waals surface area (Å²) in [7, 11) is 2.00. The molecule has 0 spiro atoms. The van der Waals surface area contributed by atoms with E-state index in [2.05, 4.69) is 18.4 Å². The number of hydrogen-bond acceptors (Lipinski definition) is 6. The Balaban J connectivity index is 1.42. The fourth-order valence-corrected chi connectivity index (χ4v) is 9.03. The van der Waals surface area contributed by atoms with Crippen LogP contribution in [0.4, 0.5) is 11.4 Å². The molecule has 42 heavy (non-hydrogen) atoms. The molecule has 0 aromatic heterocycles. The molecule has 2 aromatic carbocycles. The molecule has 7 nitrogen and oxygen atoms in total. The topological polar surface area (TPSA) is 80.9 Å². The van der Waals surface area contributed by atoms with Gasteiger partial charge in [-0.3, -0.25) is 24.2 Å². The van der Waals surface area contributed by atoms with Crippen LogP contribution in [0, 0.1) is 29.6 Å². The number of hydrogen-bond donors (Lipinski definition) is 1.